The molecule has 1 amide bonds. The van der Waals surface area contributed by atoms with Gasteiger partial charge in [-0.1, -0.05) is 45.0 Å². The minimum atomic E-state index is -1.23. The topological polar surface area (TPSA) is 55.4 Å². The fourth-order valence-corrected chi connectivity index (χ4v) is 2.33. The second kappa shape index (κ2) is 7.42. The van der Waals surface area contributed by atoms with Crippen LogP contribution in [0.1, 0.15) is 36.7 Å². The Hall–Kier alpha value is -2.76. The van der Waals surface area contributed by atoms with Gasteiger partial charge in [-0.15, -0.1) is 0 Å². The van der Waals surface area contributed by atoms with Crippen LogP contribution in [0, 0.1) is 11.6 Å². The molecule has 0 unspecified atom stereocenters. The van der Waals surface area contributed by atoms with Crippen LogP contribution in [0.15, 0.2) is 42.5 Å². The molecule has 0 radical (unpaired) electrons. The summed E-state index contributed by atoms with van der Waals surface area (Å²) in [6.45, 7) is 5.35. The first-order chi connectivity index (χ1) is 11.7. The lowest BCUT2D eigenvalue weighted by Crippen LogP contribution is -2.24. The largest absolute Gasteiger partial charge is 0.452 e. The zero-order valence-electron chi connectivity index (χ0n) is 14.2. The molecule has 0 aliphatic heterocycles. The van der Waals surface area contributed by atoms with Gasteiger partial charge < -0.3 is 10.1 Å². The smallest absolute Gasteiger partial charge is 0.344 e. The van der Waals surface area contributed by atoms with Gasteiger partial charge in [0.25, 0.3) is 5.91 Å². The maximum absolute atomic E-state index is 13.5. The number of benzene rings is 2. The molecule has 0 aromatic heterocycles. The van der Waals surface area contributed by atoms with Crippen molar-refractivity contribution in [2.24, 2.45) is 0 Å². The quantitative estimate of drug-likeness (QED) is 0.849. The first kappa shape index (κ1) is 18.6. The van der Waals surface area contributed by atoms with E-state index in [2.05, 4.69) is 5.32 Å². The van der Waals surface area contributed by atoms with Gasteiger partial charge in [0.15, 0.2) is 6.61 Å². The molecule has 0 aliphatic rings. The standard InChI is InChI=1S/C19H19F2NO3/c1-19(2,3)12-7-4-5-10-15(12)22-16(23)11-25-18(24)17-13(20)8-6-9-14(17)21/h4-10H,11H2,1-3H3,(H,22,23). The monoisotopic (exact) mass is 347 g/mol. The number of ether oxygens (including phenoxy) is 1. The lowest BCUT2D eigenvalue weighted by Gasteiger charge is -2.22. The van der Waals surface area contributed by atoms with Crippen LogP contribution >= 0.6 is 0 Å². The zero-order valence-corrected chi connectivity index (χ0v) is 14.2. The Labute approximate surface area is 144 Å². The van der Waals surface area contributed by atoms with E-state index in [0.717, 1.165) is 23.8 Å². The molecule has 1 N–H and O–H groups in total. The molecule has 2 rings (SSSR count). The van der Waals surface area contributed by atoms with Crippen LogP contribution in [-0.2, 0) is 14.9 Å². The van der Waals surface area contributed by atoms with E-state index in [9.17, 15) is 18.4 Å². The average molecular weight is 347 g/mol. The number of hydrogen-bond donors (Lipinski definition) is 1. The number of anilines is 1. The van der Waals surface area contributed by atoms with Gasteiger partial charge in [-0.2, -0.15) is 0 Å². The fourth-order valence-electron chi connectivity index (χ4n) is 2.33. The SMILES string of the molecule is CC(C)(C)c1ccccc1NC(=O)COC(=O)c1c(F)cccc1F. The lowest BCUT2D eigenvalue weighted by atomic mass is 9.86. The van der Waals surface area contributed by atoms with Crippen LogP contribution in [0.3, 0.4) is 0 Å². The first-order valence-electron chi connectivity index (χ1n) is 7.70. The summed E-state index contributed by atoms with van der Waals surface area (Å²) in [4.78, 5) is 23.8. The van der Waals surface area contributed by atoms with Crippen molar-refractivity contribution in [3.63, 3.8) is 0 Å². The number of halogens is 2. The molecule has 132 valence electrons. The van der Waals surface area contributed by atoms with Crippen LogP contribution in [0.5, 0.6) is 0 Å². The van der Waals surface area contributed by atoms with Crippen molar-refractivity contribution in [2.75, 3.05) is 11.9 Å². The molecular formula is C19H19F2NO3. The third-order valence-corrected chi connectivity index (χ3v) is 3.51. The number of carbonyl (C=O) groups excluding carboxylic acids is 2. The highest BCUT2D eigenvalue weighted by Crippen LogP contribution is 2.29. The number of amides is 1. The van der Waals surface area contributed by atoms with E-state index in [0.29, 0.717) is 5.69 Å². The third kappa shape index (κ3) is 4.62. The zero-order chi connectivity index (χ0) is 18.6. The summed E-state index contributed by atoms with van der Waals surface area (Å²) in [5.74, 6) is -3.90. The summed E-state index contributed by atoms with van der Waals surface area (Å²) in [6.07, 6.45) is 0. The summed E-state index contributed by atoms with van der Waals surface area (Å²) < 4.78 is 31.7. The van der Waals surface area contributed by atoms with E-state index in [1.807, 2.05) is 32.9 Å². The van der Waals surface area contributed by atoms with Gasteiger partial charge in [0, 0.05) is 5.69 Å². The van der Waals surface area contributed by atoms with Gasteiger partial charge >= 0.3 is 5.97 Å². The molecule has 0 heterocycles. The lowest BCUT2D eigenvalue weighted by molar-refractivity contribution is -0.119. The molecule has 0 saturated heterocycles. The number of para-hydroxylation sites is 1. The van der Waals surface area contributed by atoms with Gasteiger partial charge in [-0.3, -0.25) is 4.79 Å². The van der Waals surface area contributed by atoms with Crippen molar-refractivity contribution in [1.82, 2.24) is 0 Å². The van der Waals surface area contributed by atoms with Crippen molar-refractivity contribution in [3.8, 4) is 0 Å². The maximum atomic E-state index is 13.5. The first-order valence-corrected chi connectivity index (χ1v) is 7.70. The molecule has 0 aliphatic carbocycles. The molecule has 6 heteroatoms. The predicted octanol–water partition coefficient (Wildman–Crippen LogP) is 4.06. The molecular weight excluding hydrogens is 328 g/mol. The van der Waals surface area contributed by atoms with Crippen LogP contribution in [0.4, 0.5) is 14.5 Å². The van der Waals surface area contributed by atoms with E-state index in [1.54, 1.807) is 12.1 Å². The Bertz CT molecular complexity index is 777. The Morgan fingerprint density at radius 2 is 1.60 bits per heavy atom. The fraction of sp³-hybridized carbons (Fsp3) is 0.263. The van der Waals surface area contributed by atoms with Gasteiger partial charge in [-0.05, 0) is 29.2 Å². The van der Waals surface area contributed by atoms with Gasteiger partial charge in [-0.25, -0.2) is 13.6 Å². The molecule has 4 nitrogen and oxygen atoms in total. The van der Waals surface area contributed by atoms with Crippen LogP contribution in [0.2, 0.25) is 0 Å². The van der Waals surface area contributed by atoms with Gasteiger partial charge in [0.1, 0.15) is 17.2 Å². The molecule has 2 aromatic carbocycles. The Balaban J connectivity index is 2.04. The van der Waals surface area contributed by atoms with Crippen LogP contribution < -0.4 is 5.32 Å². The average Bonchev–Trinajstić information content (AvgIpc) is 2.52. The van der Waals surface area contributed by atoms with E-state index in [-0.39, 0.29) is 5.41 Å². The van der Waals surface area contributed by atoms with E-state index >= 15 is 0 Å². The minimum Gasteiger partial charge on any atom is -0.452 e. The molecule has 0 spiro atoms. The van der Waals surface area contributed by atoms with E-state index in [1.165, 1.54) is 0 Å². The molecule has 0 atom stereocenters. The van der Waals surface area contributed by atoms with Crippen molar-refractivity contribution < 1.29 is 23.1 Å². The number of nitrogens with one attached hydrogen (secondary N) is 1. The van der Waals surface area contributed by atoms with E-state index in [4.69, 9.17) is 4.74 Å². The third-order valence-electron chi connectivity index (χ3n) is 3.51. The van der Waals surface area contributed by atoms with Gasteiger partial charge in [0.05, 0.1) is 0 Å². The van der Waals surface area contributed by atoms with Crippen molar-refractivity contribution in [1.29, 1.82) is 0 Å². The molecule has 2 aromatic rings. The summed E-state index contributed by atoms with van der Waals surface area (Å²) in [7, 11) is 0. The van der Waals surface area contributed by atoms with Crippen molar-refractivity contribution in [3.05, 3.63) is 65.2 Å². The maximum Gasteiger partial charge on any atom is 0.344 e. The summed E-state index contributed by atoms with van der Waals surface area (Å²) in [6, 6.07) is 10.3. The number of rotatable bonds is 4. The highest BCUT2D eigenvalue weighted by molar-refractivity contribution is 5.96. The second-order valence-corrected chi connectivity index (χ2v) is 6.52. The normalized spacial score (nSPS) is 11.1. The Morgan fingerprint density at radius 1 is 1.00 bits per heavy atom. The highest BCUT2D eigenvalue weighted by Gasteiger charge is 2.21. The van der Waals surface area contributed by atoms with Crippen LogP contribution in [0.25, 0.3) is 0 Å². The number of carbonyl (C=O) groups is 2. The molecule has 0 bridgehead atoms. The van der Waals surface area contributed by atoms with Crippen molar-refractivity contribution >= 4 is 17.6 Å². The summed E-state index contributed by atoms with van der Waals surface area (Å²) >= 11 is 0. The Kier molecular flexibility index (Phi) is 5.51. The van der Waals surface area contributed by atoms with E-state index < -0.39 is 35.7 Å². The minimum absolute atomic E-state index is 0.198. The van der Waals surface area contributed by atoms with Crippen molar-refractivity contribution in [2.45, 2.75) is 26.2 Å². The predicted molar refractivity (Wildman–Crippen MR) is 90.4 cm³/mol. The number of hydrogen-bond acceptors (Lipinski definition) is 3. The molecule has 25 heavy (non-hydrogen) atoms. The second-order valence-electron chi connectivity index (χ2n) is 6.52. The number of esters is 1. The highest BCUT2D eigenvalue weighted by atomic mass is 19.1. The Morgan fingerprint density at radius 3 is 2.20 bits per heavy atom. The summed E-state index contributed by atoms with van der Waals surface area (Å²) in [5.41, 5.74) is 0.491. The molecule has 0 fully saturated rings. The van der Waals surface area contributed by atoms with Crippen LogP contribution in [-0.4, -0.2) is 18.5 Å². The van der Waals surface area contributed by atoms with Gasteiger partial charge in [0.2, 0.25) is 0 Å². The molecule has 0 saturated carbocycles. The summed E-state index contributed by atoms with van der Waals surface area (Å²) in [5, 5.41) is 2.65.